The van der Waals surface area contributed by atoms with Crippen molar-refractivity contribution in [3.05, 3.63) is 0 Å². The highest BCUT2D eigenvalue weighted by atomic mass is 19.4. The van der Waals surface area contributed by atoms with E-state index in [0.29, 0.717) is 4.90 Å². The van der Waals surface area contributed by atoms with Crippen molar-refractivity contribution in [2.45, 2.75) is 12.6 Å². The van der Waals surface area contributed by atoms with Gasteiger partial charge in [0.1, 0.15) is 13.1 Å². The van der Waals surface area contributed by atoms with Crippen LogP contribution < -0.4 is 0 Å². The number of hydrogen-bond acceptors (Lipinski definition) is 3. The number of carboxylic acids is 1. The summed E-state index contributed by atoms with van der Waals surface area (Å²) in [6.45, 7) is -2.20. The molecule has 0 aromatic heterocycles. The van der Waals surface area contributed by atoms with Gasteiger partial charge in [-0.3, -0.25) is 9.59 Å². The van der Waals surface area contributed by atoms with Crippen molar-refractivity contribution in [1.82, 2.24) is 9.80 Å². The van der Waals surface area contributed by atoms with Crippen LogP contribution in [0.4, 0.5) is 13.2 Å². The first-order valence-corrected chi connectivity index (χ1v) is 4.83. The zero-order valence-corrected chi connectivity index (χ0v) is 9.62. The highest BCUT2D eigenvalue weighted by Crippen LogP contribution is 2.16. The summed E-state index contributed by atoms with van der Waals surface area (Å²) in [6.07, 6.45) is -4.74. The molecule has 0 aromatic rings. The maximum Gasteiger partial charge on any atom is 0.406 e. The molecule has 5 nitrogen and oxygen atoms in total. The molecule has 0 heterocycles. The fraction of sp³-hybridized carbons (Fsp3) is 0.778. The zero-order chi connectivity index (χ0) is 13.6. The third-order valence-electron chi connectivity index (χ3n) is 1.82. The first kappa shape index (κ1) is 15.7. The molecule has 0 saturated carbocycles. The van der Waals surface area contributed by atoms with Gasteiger partial charge in [-0.2, -0.15) is 13.2 Å². The molecule has 8 heteroatoms. The third kappa shape index (κ3) is 8.49. The van der Waals surface area contributed by atoms with Gasteiger partial charge in [0, 0.05) is 13.0 Å². The van der Waals surface area contributed by atoms with Crippen LogP contribution in [0.1, 0.15) is 6.42 Å². The Hall–Kier alpha value is -1.31. The average Bonchev–Trinajstić information content (AvgIpc) is 2.09. The van der Waals surface area contributed by atoms with Crippen molar-refractivity contribution in [3.63, 3.8) is 0 Å². The van der Waals surface area contributed by atoms with E-state index in [4.69, 9.17) is 5.11 Å². The molecule has 1 amide bonds. The molecule has 0 saturated heterocycles. The minimum atomic E-state index is -4.59. The van der Waals surface area contributed by atoms with Gasteiger partial charge >= 0.3 is 12.1 Å². The molecule has 1 N–H and O–H groups in total. The highest BCUT2D eigenvalue weighted by Gasteiger charge is 2.33. The Morgan fingerprint density at radius 2 is 1.76 bits per heavy atom. The summed E-state index contributed by atoms with van der Waals surface area (Å²) in [5, 5.41) is 8.44. The Morgan fingerprint density at radius 1 is 1.24 bits per heavy atom. The van der Waals surface area contributed by atoms with E-state index in [9.17, 15) is 22.8 Å². The molecular weight excluding hydrogens is 241 g/mol. The van der Waals surface area contributed by atoms with Gasteiger partial charge in [0.25, 0.3) is 0 Å². The molecule has 0 aliphatic rings. The number of halogens is 3. The first-order chi connectivity index (χ1) is 7.61. The van der Waals surface area contributed by atoms with E-state index in [2.05, 4.69) is 0 Å². The largest absolute Gasteiger partial charge is 0.480 e. The van der Waals surface area contributed by atoms with Crippen molar-refractivity contribution in [2.75, 3.05) is 33.7 Å². The van der Waals surface area contributed by atoms with Crippen LogP contribution in [0.3, 0.4) is 0 Å². The number of amides is 1. The smallest absolute Gasteiger partial charge is 0.406 e. The molecule has 0 aliphatic heterocycles. The van der Waals surface area contributed by atoms with Crippen LogP contribution in [0, 0.1) is 0 Å². The van der Waals surface area contributed by atoms with E-state index in [1.54, 1.807) is 19.0 Å². The Balaban J connectivity index is 4.45. The summed E-state index contributed by atoms with van der Waals surface area (Å²) in [5.74, 6) is -2.29. The molecule has 0 fully saturated rings. The number of aliphatic carboxylic acids is 1. The molecule has 0 aliphatic carbocycles. The topological polar surface area (TPSA) is 60.9 Å². The summed E-state index contributed by atoms with van der Waals surface area (Å²) in [7, 11) is 3.33. The van der Waals surface area contributed by atoms with Crippen LogP contribution in [-0.4, -0.2) is 66.7 Å². The number of carboxylic acid groups (broad SMARTS) is 1. The third-order valence-corrected chi connectivity index (χ3v) is 1.82. The lowest BCUT2D eigenvalue weighted by Gasteiger charge is -2.22. The van der Waals surface area contributed by atoms with E-state index in [1.165, 1.54) is 0 Å². The van der Waals surface area contributed by atoms with Crippen molar-refractivity contribution in [1.29, 1.82) is 0 Å². The summed E-state index contributed by atoms with van der Waals surface area (Å²) in [5.41, 5.74) is 0. The molecule has 100 valence electrons. The Labute approximate surface area is 96.8 Å². The van der Waals surface area contributed by atoms with Gasteiger partial charge in [-0.15, -0.1) is 0 Å². The van der Waals surface area contributed by atoms with Gasteiger partial charge in [-0.05, 0) is 14.1 Å². The van der Waals surface area contributed by atoms with Crippen LogP contribution in [0.15, 0.2) is 0 Å². The Kier molecular flexibility index (Phi) is 5.94. The summed E-state index contributed by atoms with van der Waals surface area (Å²) in [6, 6.07) is 0. The summed E-state index contributed by atoms with van der Waals surface area (Å²) < 4.78 is 36.4. The highest BCUT2D eigenvalue weighted by molar-refractivity contribution is 5.81. The van der Waals surface area contributed by atoms with Crippen LogP contribution in [0.5, 0.6) is 0 Å². The molecule has 0 bridgehead atoms. The number of carbonyl (C=O) groups is 2. The van der Waals surface area contributed by atoms with Gasteiger partial charge in [-0.25, -0.2) is 0 Å². The molecule has 0 radical (unpaired) electrons. The normalized spacial score (nSPS) is 11.6. The first-order valence-electron chi connectivity index (χ1n) is 4.83. The lowest BCUT2D eigenvalue weighted by molar-refractivity contribution is -0.165. The van der Waals surface area contributed by atoms with Crippen LogP contribution in [-0.2, 0) is 9.59 Å². The molecule has 0 atom stereocenters. The van der Waals surface area contributed by atoms with Crippen LogP contribution in [0.2, 0.25) is 0 Å². The van der Waals surface area contributed by atoms with Gasteiger partial charge in [-0.1, -0.05) is 0 Å². The monoisotopic (exact) mass is 256 g/mol. The number of rotatable bonds is 6. The fourth-order valence-corrected chi connectivity index (χ4v) is 1.09. The van der Waals surface area contributed by atoms with Crippen LogP contribution in [0.25, 0.3) is 0 Å². The lowest BCUT2D eigenvalue weighted by atomic mass is 10.3. The summed E-state index contributed by atoms with van der Waals surface area (Å²) >= 11 is 0. The van der Waals surface area contributed by atoms with Gasteiger partial charge in [0.05, 0.1) is 0 Å². The Morgan fingerprint density at radius 3 is 2.12 bits per heavy atom. The second-order valence-corrected chi connectivity index (χ2v) is 3.81. The van der Waals surface area contributed by atoms with Crippen LogP contribution >= 0.6 is 0 Å². The minimum Gasteiger partial charge on any atom is -0.480 e. The maximum absolute atomic E-state index is 12.1. The predicted molar refractivity (Wildman–Crippen MR) is 53.4 cm³/mol. The minimum absolute atomic E-state index is 0.143. The van der Waals surface area contributed by atoms with E-state index < -0.39 is 31.1 Å². The standard InChI is InChI=1S/C9H15F3N2O3/c1-13(2)4-3-7(15)14(5-8(16)17)6-9(10,11)12/h3-6H2,1-2H3,(H,16,17). The predicted octanol–water partition coefficient (Wildman–Crippen LogP) is 0.414. The Bertz CT molecular complexity index is 279. The quantitative estimate of drug-likeness (QED) is 0.748. The van der Waals surface area contributed by atoms with E-state index in [-0.39, 0.29) is 13.0 Å². The van der Waals surface area contributed by atoms with Crippen molar-refractivity contribution in [2.24, 2.45) is 0 Å². The molecule has 0 rings (SSSR count). The molecular formula is C9H15F3N2O3. The SMILES string of the molecule is CN(C)CCC(=O)N(CC(=O)O)CC(F)(F)F. The maximum atomic E-state index is 12.1. The average molecular weight is 256 g/mol. The second kappa shape index (κ2) is 6.43. The second-order valence-electron chi connectivity index (χ2n) is 3.81. The van der Waals surface area contributed by atoms with Crippen molar-refractivity contribution >= 4 is 11.9 Å². The van der Waals surface area contributed by atoms with Crippen molar-refractivity contribution in [3.8, 4) is 0 Å². The van der Waals surface area contributed by atoms with Gasteiger partial charge < -0.3 is 14.9 Å². The summed E-state index contributed by atoms with van der Waals surface area (Å²) in [4.78, 5) is 23.7. The van der Waals surface area contributed by atoms with Gasteiger partial charge in [0.2, 0.25) is 5.91 Å². The number of alkyl halides is 3. The van der Waals surface area contributed by atoms with Gasteiger partial charge in [0.15, 0.2) is 0 Å². The molecule has 0 aromatic carbocycles. The van der Waals surface area contributed by atoms with E-state index in [1.807, 2.05) is 0 Å². The molecule has 0 spiro atoms. The molecule has 17 heavy (non-hydrogen) atoms. The fourth-order valence-electron chi connectivity index (χ4n) is 1.09. The van der Waals surface area contributed by atoms with Crippen molar-refractivity contribution < 1.29 is 27.9 Å². The number of carbonyl (C=O) groups excluding carboxylic acids is 1. The molecule has 0 unspecified atom stereocenters. The van der Waals surface area contributed by atoms with E-state index >= 15 is 0 Å². The zero-order valence-electron chi connectivity index (χ0n) is 9.62. The van der Waals surface area contributed by atoms with E-state index in [0.717, 1.165) is 0 Å². The lowest BCUT2D eigenvalue weighted by Crippen LogP contribution is -2.42. The number of nitrogens with zero attached hydrogens (tertiary/aromatic N) is 2. The number of hydrogen-bond donors (Lipinski definition) is 1.